The van der Waals surface area contributed by atoms with E-state index in [1.165, 1.54) is 0 Å². The monoisotopic (exact) mass is 265 g/mol. The summed E-state index contributed by atoms with van der Waals surface area (Å²) in [6.45, 7) is 2.21. The molecule has 0 bridgehead atoms. The maximum atomic E-state index is 12.0. The third-order valence-electron chi connectivity index (χ3n) is 3.63. The highest BCUT2D eigenvalue weighted by atomic mass is 16.4. The Labute approximate surface area is 112 Å². The van der Waals surface area contributed by atoms with Gasteiger partial charge in [-0.15, -0.1) is 0 Å². The van der Waals surface area contributed by atoms with Crippen molar-refractivity contribution in [3.63, 3.8) is 0 Å². The molecular formula is C14H19NO4. The van der Waals surface area contributed by atoms with Crippen molar-refractivity contribution in [2.24, 2.45) is 11.8 Å². The zero-order valence-electron chi connectivity index (χ0n) is 11.0. The molecular weight excluding hydrogens is 246 g/mol. The van der Waals surface area contributed by atoms with Crippen molar-refractivity contribution in [2.45, 2.75) is 39.2 Å². The number of aliphatic carboxylic acids is 1. The lowest BCUT2D eigenvalue weighted by atomic mass is 9.81. The molecule has 1 fully saturated rings. The SMILES string of the molecule is Cc1ccc(CNC(=O)C2CCCC(C(=O)O)C2)o1. The molecule has 1 aromatic rings. The smallest absolute Gasteiger partial charge is 0.306 e. The van der Waals surface area contributed by atoms with Gasteiger partial charge in [0, 0.05) is 5.92 Å². The lowest BCUT2D eigenvalue weighted by Crippen LogP contribution is -2.35. The van der Waals surface area contributed by atoms with Crippen LogP contribution in [0, 0.1) is 18.8 Å². The van der Waals surface area contributed by atoms with Crippen LogP contribution < -0.4 is 5.32 Å². The van der Waals surface area contributed by atoms with Crippen molar-refractivity contribution >= 4 is 11.9 Å². The van der Waals surface area contributed by atoms with Crippen LogP contribution in [0.5, 0.6) is 0 Å². The molecule has 1 aliphatic carbocycles. The van der Waals surface area contributed by atoms with Crippen LogP contribution in [0.2, 0.25) is 0 Å². The second-order valence-electron chi connectivity index (χ2n) is 5.13. The molecule has 104 valence electrons. The maximum absolute atomic E-state index is 12.0. The molecule has 2 rings (SSSR count). The molecule has 0 spiro atoms. The lowest BCUT2D eigenvalue weighted by molar-refractivity contribution is -0.144. The lowest BCUT2D eigenvalue weighted by Gasteiger charge is -2.25. The van der Waals surface area contributed by atoms with Crippen molar-refractivity contribution in [1.82, 2.24) is 5.32 Å². The Morgan fingerprint density at radius 2 is 2.11 bits per heavy atom. The van der Waals surface area contributed by atoms with E-state index < -0.39 is 5.97 Å². The van der Waals surface area contributed by atoms with E-state index in [1.54, 1.807) is 0 Å². The summed E-state index contributed by atoms with van der Waals surface area (Å²) in [4.78, 5) is 23.0. The number of carboxylic acid groups (broad SMARTS) is 1. The van der Waals surface area contributed by atoms with Crippen molar-refractivity contribution in [3.8, 4) is 0 Å². The Kier molecular flexibility index (Phi) is 4.24. The average molecular weight is 265 g/mol. The number of aryl methyl sites for hydroxylation is 1. The highest BCUT2D eigenvalue weighted by Crippen LogP contribution is 2.29. The van der Waals surface area contributed by atoms with Crippen LogP contribution in [-0.4, -0.2) is 17.0 Å². The summed E-state index contributed by atoms with van der Waals surface area (Å²) in [5, 5.41) is 11.8. The van der Waals surface area contributed by atoms with Crippen LogP contribution in [0.3, 0.4) is 0 Å². The third kappa shape index (κ3) is 3.59. The maximum Gasteiger partial charge on any atom is 0.306 e. The molecule has 0 radical (unpaired) electrons. The Bertz CT molecular complexity index is 466. The molecule has 0 aliphatic heterocycles. The average Bonchev–Trinajstić information content (AvgIpc) is 2.82. The van der Waals surface area contributed by atoms with Crippen molar-refractivity contribution in [2.75, 3.05) is 0 Å². The van der Waals surface area contributed by atoms with Gasteiger partial charge in [0.15, 0.2) is 0 Å². The van der Waals surface area contributed by atoms with Gasteiger partial charge in [0.25, 0.3) is 0 Å². The van der Waals surface area contributed by atoms with Crippen LogP contribution in [0.25, 0.3) is 0 Å². The quantitative estimate of drug-likeness (QED) is 0.873. The molecule has 2 atom stereocenters. The fourth-order valence-corrected chi connectivity index (χ4v) is 2.55. The molecule has 1 saturated carbocycles. The summed E-state index contributed by atoms with van der Waals surface area (Å²) in [7, 11) is 0. The van der Waals surface area contributed by atoms with E-state index in [2.05, 4.69) is 5.32 Å². The number of furan rings is 1. The molecule has 0 aromatic carbocycles. The predicted molar refractivity (Wildman–Crippen MR) is 68.4 cm³/mol. The number of hydrogen-bond acceptors (Lipinski definition) is 3. The Morgan fingerprint density at radius 1 is 1.37 bits per heavy atom. The van der Waals surface area contributed by atoms with Gasteiger partial charge in [-0.25, -0.2) is 0 Å². The predicted octanol–water partition coefficient (Wildman–Crippen LogP) is 2.10. The minimum absolute atomic E-state index is 0.0694. The second kappa shape index (κ2) is 5.91. The number of nitrogens with one attached hydrogen (secondary N) is 1. The van der Waals surface area contributed by atoms with Crippen LogP contribution in [0.15, 0.2) is 16.5 Å². The van der Waals surface area contributed by atoms with Gasteiger partial charge in [-0.05, 0) is 38.3 Å². The molecule has 0 saturated heterocycles. The van der Waals surface area contributed by atoms with Crippen molar-refractivity contribution < 1.29 is 19.1 Å². The van der Waals surface area contributed by atoms with Gasteiger partial charge in [-0.2, -0.15) is 0 Å². The normalized spacial score (nSPS) is 23.0. The zero-order chi connectivity index (χ0) is 13.8. The Morgan fingerprint density at radius 3 is 2.74 bits per heavy atom. The number of carbonyl (C=O) groups excluding carboxylic acids is 1. The van der Waals surface area contributed by atoms with Crippen LogP contribution in [0.4, 0.5) is 0 Å². The van der Waals surface area contributed by atoms with E-state index >= 15 is 0 Å². The summed E-state index contributed by atoms with van der Waals surface area (Å²) >= 11 is 0. The fraction of sp³-hybridized carbons (Fsp3) is 0.571. The number of hydrogen-bond donors (Lipinski definition) is 2. The molecule has 1 amide bonds. The molecule has 2 unspecified atom stereocenters. The van der Waals surface area contributed by atoms with Gasteiger partial charge >= 0.3 is 5.97 Å². The number of rotatable bonds is 4. The number of amides is 1. The minimum atomic E-state index is -0.792. The second-order valence-corrected chi connectivity index (χ2v) is 5.13. The number of carbonyl (C=O) groups is 2. The van der Waals surface area contributed by atoms with Gasteiger partial charge in [-0.3, -0.25) is 9.59 Å². The first-order valence-corrected chi connectivity index (χ1v) is 6.62. The first-order chi connectivity index (χ1) is 9.06. The fourth-order valence-electron chi connectivity index (χ4n) is 2.55. The summed E-state index contributed by atoms with van der Waals surface area (Å²) in [6.07, 6.45) is 2.69. The first kappa shape index (κ1) is 13.6. The van der Waals surface area contributed by atoms with Crippen molar-refractivity contribution in [1.29, 1.82) is 0 Å². The number of carboxylic acids is 1. The minimum Gasteiger partial charge on any atom is -0.481 e. The topological polar surface area (TPSA) is 79.5 Å². The van der Waals surface area contributed by atoms with Crippen LogP contribution >= 0.6 is 0 Å². The van der Waals surface area contributed by atoms with E-state index in [0.717, 1.165) is 24.4 Å². The van der Waals surface area contributed by atoms with Gasteiger partial charge in [0.2, 0.25) is 5.91 Å². The zero-order valence-corrected chi connectivity index (χ0v) is 11.0. The van der Waals surface area contributed by atoms with E-state index in [1.807, 2.05) is 19.1 Å². The van der Waals surface area contributed by atoms with E-state index in [4.69, 9.17) is 9.52 Å². The molecule has 1 aliphatic rings. The summed E-state index contributed by atoms with van der Waals surface area (Å²) < 4.78 is 5.37. The van der Waals surface area contributed by atoms with Gasteiger partial charge in [0.05, 0.1) is 12.5 Å². The van der Waals surface area contributed by atoms with Gasteiger partial charge in [-0.1, -0.05) is 6.42 Å². The highest BCUT2D eigenvalue weighted by Gasteiger charge is 2.30. The summed E-state index contributed by atoms with van der Waals surface area (Å²) in [6, 6.07) is 3.68. The summed E-state index contributed by atoms with van der Waals surface area (Å²) in [5.74, 6) is 0.102. The Balaban J connectivity index is 1.84. The third-order valence-corrected chi connectivity index (χ3v) is 3.63. The first-order valence-electron chi connectivity index (χ1n) is 6.62. The van der Waals surface area contributed by atoms with Crippen LogP contribution in [-0.2, 0) is 16.1 Å². The van der Waals surface area contributed by atoms with Gasteiger partial charge < -0.3 is 14.8 Å². The molecule has 19 heavy (non-hydrogen) atoms. The van der Waals surface area contributed by atoms with Crippen molar-refractivity contribution in [3.05, 3.63) is 23.7 Å². The van der Waals surface area contributed by atoms with Gasteiger partial charge in [0.1, 0.15) is 11.5 Å². The Hall–Kier alpha value is -1.78. The molecule has 5 heteroatoms. The summed E-state index contributed by atoms with van der Waals surface area (Å²) in [5.41, 5.74) is 0. The standard InChI is InChI=1S/C14H19NO4/c1-9-5-6-12(19-9)8-15-13(16)10-3-2-4-11(7-10)14(17)18/h5-6,10-11H,2-4,7-8H2,1H3,(H,15,16)(H,17,18). The molecule has 1 heterocycles. The molecule has 5 nitrogen and oxygen atoms in total. The largest absolute Gasteiger partial charge is 0.481 e. The van der Waals surface area contributed by atoms with E-state index in [0.29, 0.717) is 19.4 Å². The van der Waals surface area contributed by atoms with E-state index in [-0.39, 0.29) is 17.7 Å². The van der Waals surface area contributed by atoms with Crippen LogP contribution in [0.1, 0.15) is 37.2 Å². The molecule has 1 aromatic heterocycles. The van der Waals surface area contributed by atoms with E-state index in [9.17, 15) is 9.59 Å². The molecule has 2 N–H and O–H groups in total. The highest BCUT2D eigenvalue weighted by molar-refractivity contribution is 5.80.